The van der Waals surface area contributed by atoms with Crippen molar-refractivity contribution in [1.29, 1.82) is 0 Å². The fourth-order valence-corrected chi connectivity index (χ4v) is 3.70. The predicted octanol–water partition coefficient (Wildman–Crippen LogP) is 5.47. The van der Waals surface area contributed by atoms with Crippen LogP contribution in [-0.2, 0) is 5.54 Å². The van der Waals surface area contributed by atoms with E-state index in [-0.39, 0.29) is 11.6 Å². The summed E-state index contributed by atoms with van der Waals surface area (Å²) in [6, 6.07) is 19.1. The lowest BCUT2D eigenvalue weighted by Crippen LogP contribution is -2.34. The van der Waals surface area contributed by atoms with Gasteiger partial charge in [-0.1, -0.05) is 48.6 Å². The van der Waals surface area contributed by atoms with E-state index in [0.717, 1.165) is 5.88 Å². The molecule has 1 atom stereocenters. The molecule has 1 aromatic heterocycles. The smallest absolute Gasteiger partial charge is 0.195 e. The van der Waals surface area contributed by atoms with Crippen molar-refractivity contribution in [3.63, 3.8) is 0 Å². The molecule has 1 aliphatic rings. The largest absolute Gasteiger partial charge is 0.469 e. The summed E-state index contributed by atoms with van der Waals surface area (Å²) in [5.74, 6) is 0.944. The Labute approximate surface area is 161 Å². The number of nitrogens with zero attached hydrogens (tertiary/aromatic N) is 2. The lowest BCUT2D eigenvalue weighted by molar-refractivity contribution is 0.197. The van der Waals surface area contributed by atoms with Crippen molar-refractivity contribution in [3.8, 4) is 5.88 Å². The maximum absolute atomic E-state index is 6.24. The molecule has 3 aromatic rings. The standard InChI is InChI=1S/C24H26N2O/c1-24(2)22(27-23-17-19-10-6-7-11-21(19)26(23)24)12-8-5-9-18-13-15-20(16-14-18)25(3)4/h5-17,22H,1-4H3. The molecular weight excluding hydrogens is 332 g/mol. The van der Waals surface area contributed by atoms with E-state index in [1.54, 1.807) is 0 Å². The average Bonchev–Trinajstić information content (AvgIpc) is 3.13. The van der Waals surface area contributed by atoms with E-state index >= 15 is 0 Å². The van der Waals surface area contributed by atoms with Crippen LogP contribution >= 0.6 is 0 Å². The van der Waals surface area contributed by atoms with Gasteiger partial charge < -0.3 is 14.2 Å². The Balaban J connectivity index is 1.49. The lowest BCUT2D eigenvalue weighted by Gasteiger charge is -2.25. The van der Waals surface area contributed by atoms with E-state index in [2.05, 4.69) is 116 Å². The van der Waals surface area contributed by atoms with Crippen LogP contribution in [0.3, 0.4) is 0 Å². The molecule has 0 amide bonds. The topological polar surface area (TPSA) is 17.4 Å². The van der Waals surface area contributed by atoms with Crippen LogP contribution in [0.1, 0.15) is 19.4 Å². The molecule has 0 fully saturated rings. The van der Waals surface area contributed by atoms with Crippen LogP contribution in [0.2, 0.25) is 0 Å². The van der Waals surface area contributed by atoms with Gasteiger partial charge >= 0.3 is 0 Å². The van der Waals surface area contributed by atoms with E-state index in [1.807, 2.05) is 0 Å². The molecule has 2 aromatic carbocycles. The maximum atomic E-state index is 6.24. The van der Waals surface area contributed by atoms with Gasteiger partial charge in [-0.05, 0) is 43.7 Å². The van der Waals surface area contributed by atoms with Crippen LogP contribution in [0, 0.1) is 0 Å². The van der Waals surface area contributed by atoms with Gasteiger partial charge in [0.1, 0.15) is 6.10 Å². The third-order valence-corrected chi connectivity index (χ3v) is 5.29. The number of rotatable bonds is 4. The summed E-state index contributed by atoms with van der Waals surface area (Å²) >= 11 is 0. The van der Waals surface area contributed by atoms with Crippen LogP contribution in [0.5, 0.6) is 5.88 Å². The van der Waals surface area contributed by atoms with E-state index in [9.17, 15) is 0 Å². The fourth-order valence-electron chi connectivity index (χ4n) is 3.70. The SMILES string of the molecule is CN(C)c1ccc(C=CC=CC2Oc3cc4ccccc4n3C2(C)C)cc1. The molecular formula is C24H26N2O. The third-order valence-electron chi connectivity index (χ3n) is 5.29. The van der Waals surface area contributed by atoms with Crippen molar-refractivity contribution in [3.05, 3.63) is 78.4 Å². The van der Waals surface area contributed by atoms with Crippen molar-refractivity contribution in [2.75, 3.05) is 19.0 Å². The summed E-state index contributed by atoms with van der Waals surface area (Å²) in [5, 5.41) is 1.23. The Bertz CT molecular complexity index is 1010. The van der Waals surface area contributed by atoms with Gasteiger partial charge in [0.05, 0.1) is 11.1 Å². The van der Waals surface area contributed by atoms with Gasteiger partial charge in [0.25, 0.3) is 0 Å². The van der Waals surface area contributed by atoms with Crippen LogP contribution < -0.4 is 9.64 Å². The third kappa shape index (κ3) is 3.14. The average molecular weight is 358 g/mol. The number of aromatic nitrogens is 1. The maximum Gasteiger partial charge on any atom is 0.195 e. The fraction of sp³-hybridized carbons (Fsp3) is 0.250. The highest BCUT2D eigenvalue weighted by Crippen LogP contribution is 2.41. The quantitative estimate of drug-likeness (QED) is 0.575. The normalized spacial score (nSPS) is 18.3. The van der Waals surface area contributed by atoms with Gasteiger partial charge in [-0.25, -0.2) is 0 Å². The zero-order valence-corrected chi connectivity index (χ0v) is 16.4. The minimum Gasteiger partial charge on any atom is -0.469 e. The minimum absolute atomic E-state index is 0.0119. The Morgan fingerprint density at radius 1 is 1.00 bits per heavy atom. The van der Waals surface area contributed by atoms with Crippen LogP contribution in [0.15, 0.2) is 72.8 Å². The molecule has 0 bridgehead atoms. The van der Waals surface area contributed by atoms with E-state index in [0.29, 0.717) is 0 Å². The Hall–Kier alpha value is -2.94. The van der Waals surface area contributed by atoms with Gasteiger partial charge in [0, 0.05) is 31.2 Å². The number of anilines is 1. The zero-order chi connectivity index (χ0) is 19.0. The molecule has 0 aliphatic carbocycles. The number of para-hydroxylation sites is 1. The first-order valence-electron chi connectivity index (χ1n) is 9.37. The van der Waals surface area contributed by atoms with Gasteiger partial charge in [-0.2, -0.15) is 0 Å². The number of hydrogen-bond donors (Lipinski definition) is 0. The summed E-state index contributed by atoms with van der Waals surface area (Å²) in [5.41, 5.74) is 3.49. The van der Waals surface area contributed by atoms with Gasteiger partial charge in [0.2, 0.25) is 0 Å². The van der Waals surface area contributed by atoms with Gasteiger partial charge in [-0.3, -0.25) is 0 Å². The molecule has 1 aliphatic heterocycles. The monoisotopic (exact) mass is 358 g/mol. The summed E-state index contributed by atoms with van der Waals surface area (Å²) in [6.45, 7) is 4.46. The van der Waals surface area contributed by atoms with Crippen LogP contribution in [0.25, 0.3) is 17.0 Å². The lowest BCUT2D eigenvalue weighted by atomic mass is 9.97. The molecule has 138 valence electrons. The molecule has 0 radical (unpaired) electrons. The van der Waals surface area contributed by atoms with Crippen molar-refractivity contribution in [1.82, 2.24) is 4.57 Å². The molecule has 3 heteroatoms. The molecule has 0 saturated heterocycles. The van der Waals surface area contributed by atoms with Gasteiger partial charge in [-0.15, -0.1) is 0 Å². The highest BCUT2D eigenvalue weighted by Gasteiger charge is 2.40. The highest BCUT2D eigenvalue weighted by molar-refractivity contribution is 5.83. The first-order chi connectivity index (χ1) is 13.0. The van der Waals surface area contributed by atoms with Crippen LogP contribution in [0.4, 0.5) is 5.69 Å². The second-order valence-electron chi connectivity index (χ2n) is 7.80. The highest BCUT2D eigenvalue weighted by atomic mass is 16.5. The number of ether oxygens (including phenoxy) is 1. The number of hydrogen-bond acceptors (Lipinski definition) is 2. The van der Waals surface area contributed by atoms with Crippen molar-refractivity contribution < 1.29 is 4.74 Å². The molecule has 0 N–H and O–H groups in total. The molecule has 27 heavy (non-hydrogen) atoms. The van der Waals surface area contributed by atoms with Gasteiger partial charge in [0.15, 0.2) is 5.88 Å². The summed E-state index contributed by atoms with van der Waals surface area (Å²) < 4.78 is 8.54. The van der Waals surface area contributed by atoms with E-state index < -0.39 is 0 Å². The summed E-state index contributed by atoms with van der Waals surface area (Å²) in [7, 11) is 4.10. The van der Waals surface area contributed by atoms with Crippen molar-refractivity contribution >= 4 is 22.7 Å². The molecule has 0 spiro atoms. The predicted molar refractivity (Wildman–Crippen MR) is 115 cm³/mol. The Morgan fingerprint density at radius 2 is 1.74 bits per heavy atom. The number of allylic oxidation sites excluding steroid dienone is 2. The summed E-state index contributed by atoms with van der Waals surface area (Å²) in [6.07, 6.45) is 8.44. The van der Waals surface area contributed by atoms with Crippen LogP contribution in [-0.4, -0.2) is 24.8 Å². The minimum atomic E-state index is -0.129. The van der Waals surface area contributed by atoms with Crippen molar-refractivity contribution in [2.24, 2.45) is 0 Å². The molecule has 3 nitrogen and oxygen atoms in total. The second kappa shape index (κ2) is 6.66. The molecule has 0 saturated carbocycles. The first-order valence-corrected chi connectivity index (χ1v) is 9.37. The zero-order valence-electron chi connectivity index (χ0n) is 16.4. The van der Waals surface area contributed by atoms with E-state index in [1.165, 1.54) is 22.2 Å². The Morgan fingerprint density at radius 3 is 2.48 bits per heavy atom. The second-order valence-corrected chi connectivity index (χ2v) is 7.80. The van der Waals surface area contributed by atoms with Crippen molar-refractivity contribution in [2.45, 2.75) is 25.5 Å². The molecule has 4 rings (SSSR count). The Kier molecular flexibility index (Phi) is 4.31. The molecule has 1 unspecified atom stereocenters. The molecule has 2 heterocycles. The number of fused-ring (bicyclic) bond motifs is 3. The van der Waals surface area contributed by atoms with E-state index in [4.69, 9.17) is 4.74 Å². The summed E-state index contributed by atoms with van der Waals surface area (Å²) in [4.78, 5) is 2.10. The number of benzene rings is 2. The first kappa shape index (κ1) is 17.5.